The number of benzene rings is 1. The number of piperidine rings is 1. The van der Waals surface area contributed by atoms with Crippen LogP contribution in [-0.4, -0.2) is 52.9 Å². The molecule has 0 spiro atoms. The van der Waals surface area contributed by atoms with Gasteiger partial charge in [0.2, 0.25) is 12.0 Å². The molecule has 3 heterocycles. The lowest BCUT2D eigenvalue weighted by molar-refractivity contribution is -0.143. The van der Waals surface area contributed by atoms with Gasteiger partial charge in [-0.2, -0.15) is 5.10 Å². The normalized spacial score (nSPS) is 20.2. The van der Waals surface area contributed by atoms with Crippen LogP contribution in [0.4, 0.5) is 0 Å². The Morgan fingerprint density at radius 2 is 1.92 bits per heavy atom. The molecule has 1 unspecified atom stereocenters. The number of rotatable bonds is 3. The monoisotopic (exact) mass is 341 g/mol. The van der Waals surface area contributed by atoms with Crippen LogP contribution in [0.2, 0.25) is 0 Å². The summed E-state index contributed by atoms with van der Waals surface area (Å²) < 4.78 is 17.2. The fraction of sp³-hybridized carbons (Fsp3) is 0.389. The van der Waals surface area contributed by atoms with Crippen LogP contribution in [0.1, 0.15) is 12.8 Å². The molecule has 130 valence electrons. The highest BCUT2D eigenvalue weighted by atomic mass is 16.6. The number of ether oxygens (including phenoxy) is 3. The Morgan fingerprint density at radius 3 is 2.68 bits per heavy atom. The molecule has 1 atom stereocenters. The first kappa shape index (κ1) is 15.7. The highest BCUT2D eigenvalue weighted by molar-refractivity contribution is 5.82. The number of para-hydroxylation sites is 2. The van der Waals surface area contributed by atoms with E-state index in [9.17, 15) is 4.79 Å². The van der Waals surface area contributed by atoms with Gasteiger partial charge in [0.15, 0.2) is 11.5 Å². The van der Waals surface area contributed by atoms with E-state index in [1.807, 2.05) is 29.2 Å². The third kappa shape index (κ3) is 3.50. The average molecular weight is 341 g/mol. The van der Waals surface area contributed by atoms with Crippen molar-refractivity contribution in [3.05, 3.63) is 42.6 Å². The van der Waals surface area contributed by atoms with Crippen molar-refractivity contribution in [2.75, 3.05) is 19.7 Å². The van der Waals surface area contributed by atoms with E-state index in [1.165, 1.54) is 0 Å². The smallest absolute Gasteiger partial charge is 0.267 e. The third-order valence-corrected chi connectivity index (χ3v) is 4.37. The van der Waals surface area contributed by atoms with Crippen molar-refractivity contribution in [2.24, 2.45) is 0 Å². The maximum atomic E-state index is 12.7. The van der Waals surface area contributed by atoms with Gasteiger partial charge < -0.3 is 19.1 Å². The highest BCUT2D eigenvalue weighted by Gasteiger charge is 2.33. The zero-order valence-corrected chi connectivity index (χ0v) is 13.7. The highest BCUT2D eigenvalue weighted by Crippen LogP contribution is 2.31. The molecule has 4 rings (SSSR count). The second-order valence-corrected chi connectivity index (χ2v) is 6.07. The number of hydrogen-bond acceptors (Lipinski definition) is 6. The van der Waals surface area contributed by atoms with E-state index in [2.05, 4.69) is 10.2 Å². The predicted octanol–water partition coefficient (Wildman–Crippen LogP) is 1.69. The summed E-state index contributed by atoms with van der Waals surface area (Å²) in [4.78, 5) is 14.5. The van der Waals surface area contributed by atoms with Gasteiger partial charge in [-0.3, -0.25) is 4.79 Å². The Balaban J connectivity index is 1.31. The fourth-order valence-corrected chi connectivity index (χ4v) is 3.06. The lowest BCUT2D eigenvalue weighted by Gasteiger charge is -2.35. The standard InChI is InChI=1S/C18H19N3O4/c22-18(16-12-23-14-4-1-2-5-15(14)25-16)21-10-7-13(8-11-21)24-17-6-3-9-19-20-17/h1-6,9,13,16H,7-8,10-12H2. The van der Waals surface area contributed by atoms with Gasteiger partial charge in [-0.05, 0) is 18.2 Å². The molecule has 7 heteroatoms. The Labute approximate surface area is 145 Å². The van der Waals surface area contributed by atoms with Crippen LogP contribution in [0.3, 0.4) is 0 Å². The van der Waals surface area contributed by atoms with Gasteiger partial charge in [0, 0.05) is 38.2 Å². The van der Waals surface area contributed by atoms with Gasteiger partial charge in [0.1, 0.15) is 12.7 Å². The molecule has 2 aliphatic rings. The lowest BCUT2D eigenvalue weighted by atomic mass is 10.1. The van der Waals surface area contributed by atoms with Gasteiger partial charge in [0.25, 0.3) is 5.91 Å². The van der Waals surface area contributed by atoms with Crippen LogP contribution < -0.4 is 14.2 Å². The summed E-state index contributed by atoms with van der Waals surface area (Å²) in [6, 6.07) is 11.0. The molecular weight excluding hydrogens is 322 g/mol. The summed E-state index contributed by atoms with van der Waals surface area (Å²) in [5, 5.41) is 7.74. The first-order chi connectivity index (χ1) is 12.3. The molecule has 0 saturated carbocycles. The van der Waals surface area contributed by atoms with Crippen LogP contribution in [-0.2, 0) is 4.79 Å². The molecule has 1 fully saturated rings. The topological polar surface area (TPSA) is 73.8 Å². The summed E-state index contributed by atoms with van der Waals surface area (Å²) in [5.74, 6) is 1.79. The van der Waals surface area contributed by atoms with Gasteiger partial charge >= 0.3 is 0 Å². The van der Waals surface area contributed by atoms with Crippen LogP contribution in [0.25, 0.3) is 0 Å². The van der Waals surface area contributed by atoms with Crippen LogP contribution in [0.5, 0.6) is 17.4 Å². The Morgan fingerprint density at radius 1 is 1.12 bits per heavy atom. The molecule has 0 bridgehead atoms. The third-order valence-electron chi connectivity index (χ3n) is 4.37. The molecule has 1 saturated heterocycles. The van der Waals surface area contributed by atoms with E-state index >= 15 is 0 Å². The number of carbonyl (C=O) groups is 1. The summed E-state index contributed by atoms with van der Waals surface area (Å²) in [6.07, 6.45) is 2.58. The molecule has 0 N–H and O–H groups in total. The number of carbonyl (C=O) groups excluding carboxylic acids is 1. The lowest BCUT2D eigenvalue weighted by Crippen LogP contribution is -2.50. The number of likely N-dealkylation sites (tertiary alicyclic amines) is 1. The van der Waals surface area contributed by atoms with Crippen LogP contribution in [0, 0.1) is 0 Å². The van der Waals surface area contributed by atoms with Gasteiger partial charge in [-0.1, -0.05) is 12.1 Å². The van der Waals surface area contributed by atoms with E-state index in [0.29, 0.717) is 30.5 Å². The largest absolute Gasteiger partial charge is 0.485 e. The molecule has 1 amide bonds. The Bertz CT molecular complexity index is 732. The minimum absolute atomic E-state index is 0.0348. The van der Waals surface area contributed by atoms with Gasteiger partial charge in [0.05, 0.1) is 0 Å². The van der Waals surface area contributed by atoms with Crippen molar-refractivity contribution in [3.8, 4) is 17.4 Å². The van der Waals surface area contributed by atoms with E-state index in [4.69, 9.17) is 14.2 Å². The minimum atomic E-state index is -0.590. The summed E-state index contributed by atoms with van der Waals surface area (Å²) in [7, 11) is 0. The predicted molar refractivity (Wildman–Crippen MR) is 88.6 cm³/mol. The number of nitrogens with zero attached hydrogens (tertiary/aromatic N) is 3. The number of amides is 1. The van der Waals surface area contributed by atoms with Crippen LogP contribution in [0.15, 0.2) is 42.6 Å². The van der Waals surface area contributed by atoms with E-state index in [-0.39, 0.29) is 18.6 Å². The molecule has 0 radical (unpaired) electrons. The average Bonchev–Trinajstić information content (AvgIpc) is 2.68. The minimum Gasteiger partial charge on any atom is -0.485 e. The van der Waals surface area contributed by atoms with E-state index < -0.39 is 6.10 Å². The Kier molecular flexibility index (Phi) is 4.37. The molecule has 1 aromatic carbocycles. The summed E-state index contributed by atoms with van der Waals surface area (Å²) in [5.41, 5.74) is 0. The fourth-order valence-electron chi connectivity index (χ4n) is 3.06. The van der Waals surface area contributed by atoms with Gasteiger partial charge in [-0.25, -0.2) is 0 Å². The van der Waals surface area contributed by atoms with Crippen molar-refractivity contribution in [1.29, 1.82) is 0 Å². The SMILES string of the molecule is O=C(C1COc2ccccc2O1)N1CCC(Oc2cccnn2)CC1. The number of aromatic nitrogens is 2. The first-order valence-corrected chi connectivity index (χ1v) is 8.41. The van der Waals surface area contributed by atoms with Crippen LogP contribution >= 0.6 is 0 Å². The van der Waals surface area contributed by atoms with Crippen molar-refractivity contribution in [1.82, 2.24) is 15.1 Å². The molecule has 2 aromatic rings. The number of fused-ring (bicyclic) bond motifs is 1. The second kappa shape index (κ2) is 6.96. The molecule has 1 aromatic heterocycles. The van der Waals surface area contributed by atoms with E-state index in [1.54, 1.807) is 18.3 Å². The van der Waals surface area contributed by atoms with Crippen molar-refractivity contribution < 1.29 is 19.0 Å². The quantitative estimate of drug-likeness (QED) is 0.846. The van der Waals surface area contributed by atoms with E-state index in [0.717, 1.165) is 12.8 Å². The first-order valence-electron chi connectivity index (χ1n) is 8.41. The second-order valence-electron chi connectivity index (χ2n) is 6.07. The molecule has 2 aliphatic heterocycles. The maximum Gasteiger partial charge on any atom is 0.267 e. The number of hydrogen-bond donors (Lipinski definition) is 0. The van der Waals surface area contributed by atoms with Crippen molar-refractivity contribution >= 4 is 5.91 Å². The van der Waals surface area contributed by atoms with Gasteiger partial charge in [-0.15, -0.1) is 5.10 Å². The zero-order chi connectivity index (χ0) is 17.1. The summed E-state index contributed by atoms with van der Waals surface area (Å²) in [6.45, 7) is 1.50. The van der Waals surface area contributed by atoms with Crippen molar-refractivity contribution in [3.63, 3.8) is 0 Å². The Hall–Kier alpha value is -2.83. The molecular formula is C18H19N3O4. The molecule has 25 heavy (non-hydrogen) atoms. The maximum absolute atomic E-state index is 12.7. The molecule has 7 nitrogen and oxygen atoms in total. The zero-order valence-electron chi connectivity index (χ0n) is 13.7. The molecule has 0 aliphatic carbocycles. The summed E-state index contributed by atoms with van der Waals surface area (Å²) >= 11 is 0. The van der Waals surface area contributed by atoms with Crippen molar-refractivity contribution in [2.45, 2.75) is 25.0 Å².